The fourth-order valence-corrected chi connectivity index (χ4v) is 1.43. The zero-order chi connectivity index (χ0) is 14.3. The Morgan fingerprint density at radius 1 is 1.42 bits per heavy atom. The van der Waals surface area contributed by atoms with Gasteiger partial charge in [0.15, 0.2) is 16.6 Å². The molecule has 0 aliphatic rings. The number of para-hydroxylation sites is 1. The zero-order valence-corrected chi connectivity index (χ0v) is 12.4. The molecule has 0 bridgehead atoms. The Balaban J connectivity index is 2.95. The first-order valence-electron chi connectivity index (χ1n) is 5.93. The van der Waals surface area contributed by atoms with Gasteiger partial charge < -0.3 is 14.8 Å². The summed E-state index contributed by atoms with van der Waals surface area (Å²) < 4.78 is 11.0. The minimum atomic E-state index is 0.0507. The van der Waals surface area contributed by atoms with Crippen molar-refractivity contribution >= 4 is 23.5 Å². The van der Waals surface area contributed by atoms with Gasteiger partial charge in [-0.05, 0) is 38.2 Å². The lowest BCUT2D eigenvalue weighted by molar-refractivity contribution is 0.230. The lowest BCUT2D eigenvalue weighted by atomic mass is 10.2. The van der Waals surface area contributed by atoms with Gasteiger partial charge >= 0.3 is 0 Å². The molecule has 104 valence electrons. The maximum absolute atomic E-state index is 5.76. The summed E-state index contributed by atoms with van der Waals surface area (Å²) in [5.41, 5.74) is 3.51. The first kappa shape index (κ1) is 15.2. The van der Waals surface area contributed by atoms with Crippen molar-refractivity contribution in [3.05, 3.63) is 23.8 Å². The van der Waals surface area contributed by atoms with E-state index in [1.54, 1.807) is 20.4 Å². The molecule has 19 heavy (non-hydrogen) atoms. The number of ether oxygens (including phenoxy) is 2. The van der Waals surface area contributed by atoms with Crippen LogP contribution < -0.4 is 20.2 Å². The van der Waals surface area contributed by atoms with Crippen molar-refractivity contribution < 1.29 is 9.47 Å². The van der Waals surface area contributed by atoms with Gasteiger partial charge in [-0.3, -0.25) is 5.43 Å². The molecular weight excluding hydrogens is 262 g/mol. The molecule has 1 aromatic rings. The Kier molecular flexibility index (Phi) is 6.08. The number of rotatable bonds is 5. The summed E-state index contributed by atoms with van der Waals surface area (Å²) in [7, 11) is 3.33. The van der Waals surface area contributed by atoms with Crippen molar-refractivity contribution in [1.29, 1.82) is 0 Å². The van der Waals surface area contributed by atoms with Gasteiger partial charge in [0.25, 0.3) is 0 Å². The number of hydrazone groups is 1. The average Bonchev–Trinajstić information content (AvgIpc) is 2.39. The topological polar surface area (TPSA) is 54.9 Å². The molecule has 0 aliphatic carbocycles. The van der Waals surface area contributed by atoms with Gasteiger partial charge in [-0.25, -0.2) is 0 Å². The molecule has 0 unspecified atom stereocenters. The number of thiocarbonyl (C=S) groups is 1. The van der Waals surface area contributed by atoms with Crippen LogP contribution in [0.2, 0.25) is 0 Å². The quantitative estimate of drug-likeness (QED) is 0.490. The molecule has 0 fully saturated rings. The van der Waals surface area contributed by atoms with Crippen molar-refractivity contribution in [2.45, 2.75) is 20.0 Å². The summed E-state index contributed by atoms with van der Waals surface area (Å²) >= 11 is 4.93. The van der Waals surface area contributed by atoms with E-state index in [1.165, 1.54) is 0 Å². The molecule has 0 saturated heterocycles. The van der Waals surface area contributed by atoms with E-state index in [4.69, 9.17) is 21.7 Å². The Bertz CT molecular complexity index is 461. The molecule has 5 nitrogen and oxygen atoms in total. The van der Waals surface area contributed by atoms with Gasteiger partial charge in [-0.2, -0.15) is 5.10 Å². The molecule has 1 aromatic carbocycles. The Hall–Kier alpha value is -1.82. The normalized spacial score (nSPS) is 10.6. The number of hydrogen-bond acceptors (Lipinski definition) is 4. The second kappa shape index (κ2) is 7.58. The van der Waals surface area contributed by atoms with Crippen LogP contribution in [-0.2, 0) is 0 Å². The van der Waals surface area contributed by atoms with Crippen LogP contribution in [0.3, 0.4) is 0 Å². The second-order valence-corrected chi connectivity index (χ2v) is 4.40. The lowest BCUT2D eigenvalue weighted by Crippen LogP contribution is -2.28. The van der Waals surface area contributed by atoms with E-state index in [2.05, 4.69) is 15.8 Å². The molecule has 0 spiro atoms. The molecule has 0 atom stereocenters. The molecule has 6 heteroatoms. The summed E-state index contributed by atoms with van der Waals surface area (Å²) in [6.45, 7) is 3.92. The fourth-order valence-electron chi connectivity index (χ4n) is 1.37. The van der Waals surface area contributed by atoms with Crippen LogP contribution in [0.25, 0.3) is 0 Å². The highest BCUT2D eigenvalue weighted by atomic mass is 32.1. The highest BCUT2D eigenvalue weighted by Gasteiger charge is 2.10. The summed E-state index contributed by atoms with van der Waals surface area (Å²) in [4.78, 5) is 0. The third-order valence-corrected chi connectivity index (χ3v) is 2.48. The first-order valence-corrected chi connectivity index (χ1v) is 6.33. The van der Waals surface area contributed by atoms with Crippen LogP contribution >= 0.6 is 12.2 Å². The van der Waals surface area contributed by atoms with Gasteiger partial charge in [0.05, 0.1) is 19.4 Å². The average molecular weight is 281 g/mol. The lowest BCUT2D eigenvalue weighted by Gasteiger charge is -2.15. The number of nitrogens with one attached hydrogen (secondary N) is 2. The number of hydrogen-bond donors (Lipinski definition) is 2. The van der Waals surface area contributed by atoms with Crippen molar-refractivity contribution in [1.82, 2.24) is 10.7 Å². The number of benzene rings is 1. The van der Waals surface area contributed by atoms with Crippen LogP contribution in [0.15, 0.2) is 23.3 Å². The van der Waals surface area contributed by atoms with Gasteiger partial charge in [-0.1, -0.05) is 6.07 Å². The molecule has 0 radical (unpaired) electrons. The van der Waals surface area contributed by atoms with Crippen LogP contribution in [0.4, 0.5) is 0 Å². The van der Waals surface area contributed by atoms with Crippen molar-refractivity contribution in [3.8, 4) is 11.5 Å². The van der Waals surface area contributed by atoms with E-state index in [1.807, 2.05) is 32.0 Å². The van der Waals surface area contributed by atoms with E-state index >= 15 is 0 Å². The van der Waals surface area contributed by atoms with E-state index in [0.29, 0.717) is 16.6 Å². The molecular formula is C13H19N3O2S. The standard InChI is InChI=1S/C13H19N3O2S/c1-9(2)18-12-10(6-5-7-11(12)17-4)8-15-16-13(19)14-3/h5-9H,1-4H3,(H2,14,16,19)/b15-8-. The number of nitrogens with zero attached hydrogens (tertiary/aromatic N) is 1. The molecule has 0 aliphatic heterocycles. The maximum atomic E-state index is 5.76. The fraction of sp³-hybridized carbons (Fsp3) is 0.385. The molecule has 0 amide bonds. The van der Waals surface area contributed by atoms with Gasteiger partial charge in [-0.15, -0.1) is 0 Å². The predicted octanol–water partition coefficient (Wildman–Crippen LogP) is 1.91. The maximum Gasteiger partial charge on any atom is 0.186 e. The largest absolute Gasteiger partial charge is 0.493 e. The van der Waals surface area contributed by atoms with Crippen LogP contribution in [-0.4, -0.2) is 31.6 Å². The molecule has 0 aromatic heterocycles. The smallest absolute Gasteiger partial charge is 0.186 e. The summed E-state index contributed by atoms with van der Waals surface area (Å²) in [6.07, 6.45) is 1.69. The SMILES string of the molecule is CNC(=S)N/N=C\c1cccc(OC)c1OC(C)C. The van der Waals surface area contributed by atoms with E-state index in [0.717, 1.165) is 5.56 Å². The minimum Gasteiger partial charge on any atom is -0.493 e. The first-order chi connectivity index (χ1) is 9.08. The summed E-state index contributed by atoms with van der Waals surface area (Å²) in [6, 6.07) is 5.62. The third kappa shape index (κ3) is 4.75. The monoisotopic (exact) mass is 281 g/mol. The number of methoxy groups -OCH3 is 1. The third-order valence-electron chi connectivity index (χ3n) is 2.18. The summed E-state index contributed by atoms with van der Waals surface area (Å²) in [5, 5.41) is 7.26. The molecule has 0 saturated carbocycles. The Morgan fingerprint density at radius 3 is 2.74 bits per heavy atom. The van der Waals surface area contributed by atoms with E-state index in [-0.39, 0.29) is 6.10 Å². The minimum absolute atomic E-state index is 0.0507. The van der Waals surface area contributed by atoms with E-state index < -0.39 is 0 Å². The van der Waals surface area contributed by atoms with Crippen molar-refractivity contribution in [2.75, 3.05) is 14.2 Å². The second-order valence-electron chi connectivity index (χ2n) is 3.99. The Morgan fingerprint density at radius 2 is 2.16 bits per heavy atom. The van der Waals surface area contributed by atoms with Crippen molar-refractivity contribution in [3.63, 3.8) is 0 Å². The highest BCUT2D eigenvalue weighted by Crippen LogP contribution is 2.30. The Labute approximate surface area is 119 Å². The van der Waals surface area contributed by atoms with Crippen LogP contribution in [0.1, 0.15) is 19.4 Å². The van der Waals surface area contributed by atoms with Gasteiger partial charge in [0, 0.05) is 12.6 Å². The van der Waals surface area contributed by atoms with Crippen LogP contribution in [0, 0.1) is 0 Å². The van der Waals surface area contributed by atoms with E-state index in [9.17, 15) is 0 Å². The van der Waals surface area contributed by atoms with Crippen LogP contribution in [0.5, 0.6) is 11.5 Å². The molecule has 0 heterocycles. The van der Waals surface area contributed by atoms with Gasteiger partial charge in [0.2, 0.25) is 0 Å². The zero-order valence-electron chi connectivity index (χ0n) is 11.6. The van der Waals surface area contributed by atoms with Gasteiger partial charge in [0.1, 0.15) is 0 Å². The predicted molar refractivity (Wildman–Crippen MR) is 81.1 cm³/mol. The molecule has 2 N–H and O–H groups in total. The highest BCUT2D eigenvalue weighted by molar-refractivity contribution is 7.80. The molecule has 1 rings (SSSR count). The summed E-state index contributed by atoms with van der Waals surface area (Å²) in [5.74, 6) is 1.34. The van der Waals surface area contributed by atoms with Crippen molar-refractivity contribution in [2.24, 2.45) is 5.10 Å².